The van der Waals surface area contributed by atoms with Crippen molar-refractivity contribution in [2.24, 2.45) is 0 Å². The Morgan fingerprint density at radius 2 is 2.08 bits per heavy atom. The summed E-state index contributed by atoms with van der Waals surface area (Å²) in [5.41, 5.74) is 0.867. The number of halogens is 2. The number of nitrogens with one attached hydrogen (secondary N) is 2. The number of anilines is 1. The highest BCUT2D eigenvalue weighted by Crippen LogP contribution is 2.24. The van der Waals surface area contributed by atoms with Crippen molar-refractivity contribution < 1.29 is 9.53 Å². The van der Waals surface area contributed by atoms with Crippen LogP contribution in [0, 0.1) is 0 Å². The minimum absolute atomic E-state index is 0.112. The first-order valence-electron chi connectivity index (χ1n) is 7.35. The van der Waals surface area contributed by atoms with Gasteiger partial charge >= 0.3 is 0 Å². The number of pyridine rings is 1. The Labute approximate surface area is 163 Å². The number of thioether (sulfide) groups is 1. The summed E-state index contributed by atoms with van der Waals surface area (Å²) in [6.07, 6.45) is 1.41. The Morgan fingerprint density at radius 1 is 1.31 bits per heavy atom. The molecule has 1 aromatic carbocycles. The first-order valence-corrected chi connectivity index (χ1v) is 9.10. The lowest BCUT2D eigenvalue weighted by molar-refractivity contribution is -0.113. The second kappa shape index (κ2) is 8.39. The van der Waals surface area contributed by atoms with Crippen molar-refractivity contribution in [3.05, 3.63) is 46.6 Å². The number of nitrogens with zero attached hydrogens (tertiary/aromatic N) is 3. The number of aromatic nitrogens is 4. The largest absolute Gasteiger partial charge is 0.497 e. The lowest BCUT2D eigenvalue weighted by Gasteiger charge is -2.05. The van der Waals surface area contributed by atoms with Crippen LogP contribution in [0.4, 0.5) is 5.82 Å². The number of carbonyl (C=O) groups is 1. The first-order chi connectivity index (χ1) is 12.5. The van der Waals surface area contributed by atoms with Crippen molar-refractivity contribution in [3.8, 4) is 17.1 Å². The van der Waals surface area contributed by atoms with Crippen LogP contribution in [-0.4, -0.2) is 38.9 Å². The monoisotopic (exact) mass is 409 g/mol. The molecule has 26 heavy (non-hydrogen) atoms. The zero-order valence-electron chi connectivity index (χ0n) is 13.5. The number of rotatable bonds is 6. The van der Waals surface area contributed by atoms with E-state index in [1.54, 1.807) is 7.11 Å². The van der Waals surface area contributed by atoms with E-state index in [4.69, 9.17) is 27.9 Å². The number of hydrogen-bond donors (Lipinski definition) is 2. The van der Waals surface area contributed by atoms with Gasteiger partial charge in [-0.25, -0.2) is 9.97 Å². The van der Waals surface area contributed by atoms with Crippen molar-refractivity contribution in [1.82, 2.24) is 20.2 Å². The number of benzene rings is 1. The third-order valence-electron chi connectivity index (χ3n) is 3.23. The summed E-state index contributed by atoms with van der Waals surface area (Å²) in [7, 11) is 1.61. The molecule has 0 saturated carbocycles. The van der Waals surface area contributed by atoms with E-state index in [1.165, 1.54) is 24.0 Å². The van der Waals surface area contributed by atoms with Gasteiger partial charge in [0.2, 0.25) is 11.1 Å². The van der Waals surface area contributed by atoms with E-state index in [0.29, 0.717) is 16.0 Å². The van der Waals surface area contributed by atoms with Crippen molar-refractivity contribution >= 4 is 46.7 Å². The SMILES string of the molecule is COc1ccc(-c2nc(SCC(=O)Nc3ncc(Cl)cc3Cl)n[nH]2)cc1. The summed E-state index contributed by atoms with van der Waals surface area (Å²) in [4.78, 5) is 20.4. The molecule has 0 radical (unpaired) electrons. The van der Waals surface area contributed by atoms with Crippen LogP contribution in [-0.2, 0) is 4.79 Å². The van der Waals surface area contributed by atoms with Crippen molar-refractivity contribution in [3.63, 3.8) is 0 Å². The summed E-state index contributed by atoms with van der Waals surface area (Å²) in [6.45, 7) is 0. The molecule has 0 bridgehead atoms. The van der Waals surface area contributed by atoms with Gasteiger partial charge in [-0.15, -0.1) is 5.10 Å². The van der Waals surface area contributed by atoms with Crippen LogP contribution in [0.3, 0.4) is 0 Å². The fourth-order valence-electron chi connectivity index (χ4n) is 1.99. The van der Waals surface area contributed by atoms with Gasteiger partial charge in [-0.3, -0.25) is 9.89 Å². The Bertz CT molecular complexity index is 917. The van der Waals surface area contributed by atoms with Crippen LogP contribution >= 0.6 is 35.0 Å². The van der Waals surface area contributed by atoms with E-state index >= 15 is 0 Å². The number of hydrogen-bond acceptors (Lipinski definition) is 6. The highest BCUT2D eigenvalue weighted by atomic mass is 35.5. The average Bonchev–Trinajstić information content (AvgIpc) is 3.11. The van der Waals surface area contributed by atoms with Crippen LogP contribution in [0.5, 0.6) is 5.75 Å². The van der Waals surface area contributed by atoms with Gasteiger partial charge in [0.25, 0.3) is 0 Å². The van der Waals surface area contributed by atoms with E-state index in [-0.39, 0.29) is 22.5 Å². The molecule has 3 aromatic rings. The summed E-state index contributed by atoms with van der Waals surface area (Å²) < 4.78 is 5.12. The molecular weight excluding hydrogens is 397 g/mol. The number of carbonyl (C=O) groups excluding carboxylic acids is 1. The molecule has 0 atom stereocenters. The van der Waals surface area contributed by atoms with E-state index in [0.717, 1.165) is 11.3 Å². The molecule has 0 aliphatic heterocycles. The molecule has 3 rings (SSSR count). The third-order valence-corrected chi connectivity index (χ3v) is 4.57. The van der Waals surface area contributed by atoms with Gasteiger partial charge < -0.3 is 10.1 Å². The highest BCUT2D eigenvalue weighted by Gasteiger charge is 2.11. The maximum absolute atomic E-state index is 12.0. The maximum Gasteiger partial charge on any atom is 0.236 e. The van der Waals surface area contributed by atoms with Gasteiger partial charge in [0, 0.05) is 11.8 Å². The average molecular weight is 410 g/mol. The fraction of sp³-hybridized carbons (Fsp3) is 0.125. The maximum atomic E-state index is 12.0. The molecule has 2 aromatic heterocycles. The van der Waals surface area contributed by atoms with Crippen LogP contribution in [0.2, 0.25) is 10.0 Å². The van der Waals surface area contributed by atoms with Gasteiger partial charge in [-0.2, -0.15) is 0 Å². The van der Waals surface area contributed by atoms with Crippen molar-refractivity contribution in [2.45, 2.75) is 5.16 Å². The molecule has 0 fully saturated rings. The van der Waals surface area contributed by atoms with Crippen molar-refractivity contribution in [2.75, 3.05) is 18.2 Å². The zero-order chi connectivity index (χ0) is 18.5. The fourth-order valence-corrected chi connectivity index (χ4v) is 3.02. The topological polar surface area (TPSA) is 92.8 Å². The Morgan fingerprint density at radius 3 is 2.77 bits per heavy atom. The number of aromatic amines is 1. The molecule has 0 spiro atoms. The predicted molar refractivity (Wildman–Crippen MR) is 102 cm³/mol. The second-order valence-corrected chi connectivity index (χ2v) is 6.80. The molecule has 10 heteroatoms. The van der Waals surface area contributed by atoms with E-state index in [1.807, 2.05) is 24.3 Å². The Hall–Kier alpha value is -2.29. The normalized spacial score (nSPS) is 10.6. The molecule has 0 unspecified atom stereocenters. The number of methoxy groups -OCH3 is 1. The van der Waals surface area contributed by atoms with Gasteiger partial charge in [0.1, 0.15) is 5.75 Å². The molecule has 2 N–H and O–H groups in total. The van der Waals surface area contributed by atoms with Gasteiger partial charge in [-0.05, 0) is 30.3 Å². The molecule has 0 aliphatic rings. The number of amides is 1. The van der Waals surface area contributed by atoms with E-state index in [2.05, 4.69) is 25.5 Å². The smallest absolute Gasteiger partial charge is 0.236 e. The van der Waals surface area contributed by atoms with Crippen LogP contribution in [0.1, 0.15) is 0 Å². The van der Waals surface area contributed by atoms with E-state index < -0.39 is 0 Å². The quantitative estimate of drug-likeness (QED) is 0.599. The lowest BCUT2D eigenvalue weighted by atomic mass is 10.2. The van der Waals surface area contributed by atoms with Crippen LogP contribution in [0.25, 0.3) is 11.4 Å². The molecule has 0 saturated heterocycles. The Kier molecular flexibility index (Phi) is 5.97. The molecule has 7 nitrogen and oxygen atoms in total. The summed E-state index contributed by atoms with van der Waals surface area (Å²) in [5, 5.41) is 10.7. The van der Waals surface area contributed by atoms with Crippen molar-refractivity contribution in [1.29, 1.82) is 0 Å². The minimum atomic E-state index is -0.275. The van der Waals surface area contributed by atoms with Gasteiger partial charge in [0.15, 0.2) is 11.6 Å². The molecule has 1 amide bonds. The number of H-pyrrole nitrogens is 1. The molecular formula is C16H13Cl2N5O2S. The van der Waals surface area contributed by atoms with E-state index in [9.17, 15) is 4.79 Å². The van der Waals surface area contributed by atoms with Crippen LogP contribution < -0.4 is 10.1 Å². The predicted octanol–water partition coefficient (Wildman–Crippen LogP) is 3.91. The third kappa shape index (κ3) is 4.66. The first kappa shape index (κ1) is 18.5. The summed E-state index contributed by atoms with van der Waals surface area (Å²) >= 11 is 12.9. The Balaban J connectivity index is 1.58. The summed E-state index contributed by atoms with van der Waals surface area (Å²) in [5.74, 6) is 1.46. The van der Waals surface area contributed by atoms with Gasteiger partial charge in [-0.1, -0.05) is 35.0 Å². The van der Waals surface area contributed by atoms with Gasteiger partial charge in [0.05, 0.1) is 22.9 Å². The molecule has 0 aliphatic carbocycles. The number of ether oxygens (including phenoxy) is 1. The zero-order valence-corrected chi connectivity index (χ0v) is 15.8. The molecule has 134 valence electrons. The standard InChI is InChI=1S/C16H13Cl2N5O2S/c1-25-11-4-2-9(3-5-11)14-21-16(23-22-14)26-8-13(24)20-15-12(18)6-10(17)7-19-15/h2-7H,8H2,1H3,(H,19,20,24)(H,21,22,23). The minimum Gasteiger partial charge on any atom is -0.497 e. The van der Waals surface area contributed by atoms with Crippen LogP contribution in [0.15, 0.2) is 41.7 Å². The highest BCUT2D eigenvalue weighted by molar-refractivity contribution is 7.99. The molecule has 2 heterocycles. The summed E-state index contributed by atoms with van der Waals surface area (Å²) in [6, 6.07) is 8.92. The lowest BCUT2D eigenvalue weighted by Crippen LogP contribution is -2.15. The second-order valence-electron chi connectivity index (χ2n) is 5.02.